The van der Waals surface area contributed by atoms with Crippen molar-refractivity contribution in [3.05, 3.63) is 28.4 Å². The summed E-state index contributed by atoms with van der Waals surface area (Å²) in [7, 11) is 1.89. The highest BCUT2D eigenvalue weighted by atomic mass is 32.2. The minimum Gasteiger partial charge on any atom is -0.462 e. The molecule has 0 atom stereocenters. The average Bonchev–Trinajstić information content (AvgIpc) is 3.11. The van der Waals surface area contributed by atoms with Crippen molar-refractivity contribution in [2.24, 2.45) is 7.05 Å². The monoisotopic (exact) mass is 378 g/mol. The van der Waals surface area contributed by atoms with Crippen LogP contribution in [-0.2, 0) is 16.6 Å². The van der Waals surface area contributed by atoms with E-state index in [2.05, 4.69) is 10.3 Å². The topological polar surface area (TPSA) is 97.0 Å². The minimum absolute atomic E-state index is 0.213. The number of imidazole rings is 1. The third kappa shape index (κ3) is 4.61. The summed E-state index contributed by atoms with van der Waals surface area (Å²) in [6.07, 6.45) is 3.81. The molecule has 0 spiro atoms. The third-order valence-corrected chi connectivity index (χ3v) is 5.56. The molecule has 2 heterocycles. The molecular formula is C16H18N4O3S2. The SMILES string of the molecule is CCOC(=O)c1sc(NC(=O)CCSc2nccn2C)c(C#N)c1C. The van der Waals surface area contributed by atoms with E-state index in [-0.39, 0.29) is 18.9 Å². The summed E-state index contributed by atoms with van der Waals surface area (Å²) in [5.41, 5.74) is 0.835. The molecule has 0 radical (unpaired) electrons. The van der Waals surface area contributed by atoms with Gasteiger partial charge >= 0.3 is 5.97 Å². The number of carbonyl (C=O) groups excluding carboxylic acids is 2. The number of nitrogens with zero attached hydrogens (tertiary/aromatic N) is 3. The van der Waals surface area contributed by atoms with E-state index < -0.39 is 5.97 Å². The maximum atomic E-state index is 12.1. The molecule has 2 rings (SSSR count). The van der Waals surface area contributed by atoms with Gasteiger partial charge in [0, 0.05) is 31.6 Å². The summed E-state index contributed by atoms with van der Waals surface area (Å²) < 4.78 is 6.86. The highest BCUT2D eigenvalue weighted by Crippen LogP contribution is 2.33. The lowest BCUT2D eigenvalue weighted by Crippen LogP contribution is -2.12. The number of thiophene rings is 1. The maximum Gasteiger partial charge on any atom is 0.348 e. The number of hydrogen-bond acceptors (Lipinski definition) is 7. The van der Waals surface area contributed by atoms with Crippen LogP contribution in [0.1, 0.15) is 34.1 Å². The molecule has 7 nitrogen and oxygen atoms in total. The quantitative estimate of drug-likeness (QED) is 0.588. The van der Waals surface area contributed by atoms with Crippen LogP contribution in [0.4, 0.5) is 5.00 Å². The van der Waals surface area contributed by atoms with E-state index in [1.807, 2.05) is 23.9 Å². The number of nitriles is 1. The van der Waals surface area contributed by atoms with Gasteiger partial charge in [-0.1, -0.05) is 11.8 Å². The lowest BCUT2D eigenvalue weighted by Gasteiger charge is -2.04. The van der Waals surface area contributed by atoms with Crippen LogP contribution in [0.2, 0.25) is 0 Å². The van der Waals surface area contributed by atoms with Crippen molar-refractivity contribution < 1.29 is 14.3 Å². The summed E-state index contributed by atoms with van der Waals surface area (Å²) in [5.74, 6) is -0.129. The Balaban J connectivity index is 2.00. The molecular weight excluding hydrogens is 360 g/mol. The lowest BCUT2D eigenvalue weighted by atomic mass is 10.2. The second-order valence-electron chi connectivity index (χ2n) is 5.06. The standard InChI is InChI=1S/C16H18N4O3S2/c1-4-23-15(22)13-10(2)11(9-17)14(25-13)19-12(21)5-8-24-16-18-6-7-20(16)3/h6-7H,4-5,8H2,1-3H3,(H,19,21). The number of amides is 1. The Morgan fingerprint density at radius 1 is 1.52 bits per heavy atom. The Labute approximate surface area is 154 Å². The van der Waals surface area contributed by atoms with E-state index in [4.69, 9.17) is 4.74 Å². The molecule has 0 aromatic carbocycles. The highest BCUT2D eigenvalue weighted by molar-refractivity contribution is 7.99. The van der Waals surface area contributed by atoms with Gasteiger partial charge in [-0.05, 0) is 19.4 Å². The van der Waals surface area contributed by atoms with Gasteiger partial charge in [0.15, 0.2) is 5.16 Å². The zero-order chi connectivity index (χ0) is 18.4. The van der Waals surface area contributed by atoms with E-state index in [0.29, 0.717) is 26.8 Å². The molecule has 25 heavy (non-hydrogen) atoms. The van der Waals surface area contributed by atoms with Gasteiger partial charge in [0.05, 0.1) is 12.2 Å². The molecule has 132 valence electrons. The number of anilines is 1. The first-order valence-corrected chi connectivity index (χ1v) is 9.38. The minimum atomic E-state index is -0.479. The fraction of sp³-hybridized carbons (Fsp3) is 0.375. The van der Waals surface area contributed by atoms with E-state index in [1.165, 1.54) is 11.8 Å². The predicted octanol–water partition coefficient (Wildman–Crippen LogP) is 2.96. The van der Waals surface area contributed by atoms with Crippen LogP contribution in [0, 0.1) is 18.3 Å². The zero-order valence-electron chi connectivity index (χ0n) is 14.2. The molecule has 0 unspecified atom stereocenters. The van der Waals surface area contributed by atoms with E-state index in [1.54, 1.807) is 20.0 Å². The van der Waals surface area contributed by atoms with E-state index >= 15 is 0 Å². The number of aromatic nitrogens is 2. The first kappa shape index (κ1) is 19.0. The Hall–Kier alpha value is -2.31. The molecule has 0 aliphatic carbocycles. The maximum absolute atomic E-state index is 12.1. The lowest BCUT2D eigenvalue weighted by molar-refractivity contribution is -0.115. The van der Waals surface area contributed by atoms with E-state index in [0.717, 1.165) is 16.5 Å². The van der Waals surface area contributed by atoms with Crippen LogP contribution in [0.5, 0.6) is 0 Å². The Morgan fingerprint density at radius 3 is 2.88 bits per heavy atom. The fourth-order valence-electron chi connectivity index (χ4n) is 2.04. The summed E-state index contributed by atoms with van der Waals surface area (Å²) in [6.45, 7) is 3.64. The van der Waals surface area contributed by atoms with Crippen LogP contribution >= 0.6 is 23.1 Å². The van der Waals surface area contributed by atoms with Crippen molar-refractivity contribution in [2.75, 3.05) is 17.7 Å². The molecule has 0 aliphatic rings. The normalized spacial score (nSPS) is 10.3. The number of rotatable bonds is 7. The molecule has 2 aromatic heterocycles. The number of thioether (sulfide) groups is 1. The van der Waals surface area contributed by atoms with Gasteiger partial charge in [-0.2, -0.15) is 5.26 Å². The Bertz CT molecular complexity index is 820. The van der Waals surface area contributed by atoms with Gasteiger partial charge < -0.3 is 14.6 Å². The molecule has 0 bridgehead atoms. The predicted molar refractivity (Wildman–Crippen MR) is 96.9 cm³/mol. The Morgan fingerprint density at radius 2 is 2.28 bits per heavy atom. The summed E-state index contributed by atoms with van der Waals surface area (Å²) in [6, 6.07) is 2.04. The van der Waals surface area contributed by atoms with Crippen LogP contribution in [0.3, 0.4) is 0 Å². The van der Waals surface area contributed by atoms with E-state index in [9.17, 15) is 14.9 Å². The van der Waals surface area contributed by atoms with Crippen molar-refractivity contribution in [2.45, 2.75) is 25.4 Å². The number of esters is 1. The van der Waals surface area contributed by atoms with Crippen LogP contribution in [0.25, 0.3) is 0 Å². The number of carbonyl (C=O) groups is 2. The second-order valence-corrected chi connectivity index (χ2v) is 7.14. The summed E-state index contributed by atoms with van der Waals surface area (Å²) in [5, 5.41) is 13.2. The first-order valence-electron chi connectivity index (χ1n) is 7.58. The molecule has 0 saturated carbocycles. The van der Waals surface area contributed by atoms with Crippen LogP contribution in [0.15, 0.2) is 17.6 Å². The van der Waals surface area contributed by atoms with Gasteiger partial charge in [0.25, 0.3) is 0 Å². The number of nitrogens with one attached hydrogen (secondary N) is 1. The van der Waals surface area contributed by atoms with Gasteiger partial charge in [-0.25, -0.2) is 9.78 Å². The fourth-order valence-corrected chi connectivity index (χ4v) is 3.98. The summed E-state index contributed by atoms with van der Waals surface area (Å²) >= 11 is 2.55. The number of ether oxygens (including phenoxy) is 1. The molecule has 0 aliphatic heterocycles. The van der Waals surface area contributed by atoms with Crippen LogP contribution in [-0.4, -0.2) is 33.8 Å². The van der Waals surface area contributed by atoms with Gasteiger partial charge in [-0.15, -0.1) is 11.3 Å². The number of aryl methyl sites for hydroxylation is 1. The molecule has 0 saturated heterocycles. The van der Waals surface area contributed by atoms with Crippen molar-refractivity contribution in [3.63, 3.8) is 0 Å². The van der Waals surface area contributed by atoms with Gasteiger partial charge in [-0.3, -0.25) is 4.79 Å². The largest absolute Gasteiger partial charge is 0.462 e. The van der Waals surface area contributed by atoms with Crippen molar-refractivity contribution in [3.8, 4) is 6.07 Å². The number of hydrogen-bond donors (Lipinski definition) is 1. The van der Waals surface area contributed by atoms with Crippen molar-refractivity contribution >= 4 is 40.0 Å². The van der Waals surface area contributed by atoms with Gasteiger partial charge in [0.1, 0.15) is 15.9 Å². The second kappa shape index (κ2) is 8.69. The zero-order valence-corrected chi connectivity index (χ0v) is 15.8. The van der Waals surface area contributed by atoms with Crippen molar-refractivity contribution in [1.29, 1.82) is 5.26 Å². The Kier molecular flexibility index (Phi) is 6.61. The molecule has 2 aromatic rings. The average molecular weight is 378 g/mol. The molecule has 1 amide bonds. The van der Waals surface area contributed by atoms with Crippen LogP contribution < -0.4 is 5.32 Å². The smallest absolute Gasteiger partial charge is 0.348 e. The third-order valence-electron chi connectivity index (χ3n) is 3.31. The molecule has 0 fully saturated rings. The first-order chi connectivity index (χ1) is 12.0. The van der Waals surface area contributed by atoms with Crippen molar-refractivity contribution in [1.82, 2.24) is 9.55 Å². The van der Waals surface area contributed by atoms with Gasteiger partial charge in [0.2, 0.25) is 5.91 Å². The highest BCUT2D eigenvalue weighted by Gasteiger charge is 2.22. The summed E-state index contributed by atoms with van der Waals surface area (Å²) in [4.78, 5) is 28.6. The molecule has 1 N–H and O–H groups in total. The molecule has 9 heteroatoms.